The molecule has 1 atom stereocenters. The van der Waals surface area contributed by atoms with Crippen LogP contribution in [0, 0.1) is 6.92 Å². The number of esters is 1. The molecule has 0 aromatic heterocycles. The number of aryl methyl sites for hydroxylation is 1. The third-order valence-electron chi connectivity index (χ3n) is 4.26. The van der Waals surface area contributed by atoms with Gasteiger partial charge in [-0.2, -0.15) is 8.42 Å². The lowest BCUT2D eigenvalue weighted by molar-refractivity contribution is -0.149. The number of alkyl carbamates (subject to hydrolysis) is 1. The molecule has 1 amide bonds. The van der Waals surface area contributed by atoms with Gasteiger partial charge in [0.1, 0.15) is 16.2 Å². The van der Waals surface area contributed by atoms with Crippen LogP contribution >= 0.6 is 0 Å². The van der Waals surface area contributed by atoms with Gasteiger partial charge in [-0.3, -0.25) is 4.79 Å². The lowest BCUT2D eigenvalue weighted by atomic mass is 9.99. The number of nitrogens with one attached hydrogen (secondary N) is 1. The maximum atomic E-state index is 12.7. The van der Waals surface area contributed by atoms with Crippen LogP contribution in [0.3, 0.4) is 0 Å². The van der Waals surface area contributed by atoms with E-state index in [1.807, 2.05) is 6.92 Å². The van der Waals surface area contributed by atoms with Crippen LogP contribution in [-0.4, -0.2) is 38.7 Å². The highest BCUT2D eigenvalue weighted by atomic mass is 32.2. The number of hydrogen-bond acceptors (Lipinski definition) is 7. The van der Waals surface area contributed by atoms with Gasteiger partial charge in [-0.05, 0) is 71.4 Å². The molecule has 0 spiro atoms. The van der Waals surface area contributed by atoms with Gasteiger partial charge in [0, 0.05) is 6.54 Å². The van der Waals surface area contributed by atoms with Crippen molar-refractivity contribution in [2.45, 2.75) is 64.1 Å². The summed E-state index contributed by atoms with van der Waals surface area (Å²) in [6, 6.07) is 12.4. The summed E-state index contributed by atoms with van der Waals surface area (Å²) >= 11 is 0. The molecule has 0 radical (unpaired) electrons. The zero-order valence-electron chi connectivity index (χ0n) is 19.7. The molecule has 0 heterocycles. The highest BCUT2D eigenvalue weighted by Crippen LogP contribution is 2.25. The Morgan fingerprint density at radius 3 is 2.24 bits per heavy atom. The number of carbonyl (C=O) groups is 2. The van der Waals surface area contributed by atoms with Gasteiger partial charge in [-0.1, -0.05) is 29.8 Å². The third-order valence-corrected chi connectivity index (χ3v) is 5.52. The average Bonchev–Trinajstić information content (AvgIpc) is 2.66. The van der Waals surface area contributed by atoms with Crippen LogP contribution in [0.4, 0.5) is 4.79 Å². The second-order valence-corrected chi connectivity index (χ2v) is 10.4. The van der Waals surface area contributed by atoms with Crippen LogP contribution in [0.2, 0.25) is 0 Å². The molecule has 1 unspecified atom stereocenters. The minimum Gasteiger partial charge on any atom is -0.462 e. The summed E-state index contributed by atoms with van der Waals surface area (Å²) in [6.07, 6.45) is -1.05. The van der Waals surface area contributed by atoms with E-state index in [2.05, 4.69) is 5.32 Å². The van der Waals surface area contributed by atoms with Crippen molar-refractivity contribution in [1.29, 1.82) is 0 Å². The second-order valence-electron chi connectivity index (χ2n) is 8.84. The molecular formula is C24H31NO7S. The van der Waals surface area contributed by atoms with Crippen molar-refractivity contribution >= 4 is 22.2 Å². The molecule has 2 aromatic rings. The Morgan fingerprint density at radius 2 is 1.67 bits per heavy atom. The quantitative estimate of drug-likeness (QED) is 0.445. The number of carbonyl (C=O) groups excluding carboxylic acids is 2. The van der Waals surface area contributed by atoms with Crippen LogP contribution in [0.5, 0.6) is 5.75 Å². The van der Waals surface area contributed by atoms with E-state index >= 15 is 0 Å². The summed E-state index contributed by atoms with van der Waals surface area (Å²) in [7, 11) is -4.06. The summed E-state index contributed by atoms with van der Waals surface area (Å²) in [6.45, 7) is 10.4. The Morgan fingerprint density at radius 1 is 1.03 bits per heavy atom. The van der Waals surface area contributed by atoms with Crippen molar-refractivity contribution < 1.29 is 31.7 Å². The largest absolute Gasteiger partial charge is 0.462 e. The minimum absolute atomic E-state index is 0.0147. The standard InChI is InChI=1S/C24H31NO7S/c1-16(2)30-22(26)21(15-25-23(27)31-24(4,5)6)18-8-7-9-19(14-18)32-33(28,29)20-12-10-17(3)11-13-20/h7-14,16,21H,15H2,1-6H3,(H,25,27). The molecule has 0 saturated heterocycles. The highest BCUT2D eigenvalue weighted by Gasteiger charge is 2.26. The smallest absolute Gasteiger partial charge is 0.407 e. The summed E-state index contributed by atoms with van der Waals surface area (Å²) in [5.74, 6) is -1.43. The number of hydrogen-bond donors (Lipinski definition) is 1. The number of ether oxygens (including phenoxy) is 2. The first-order valence-electron chi connectivity index (χ1n) is 10.6. The normalized spacial score (nSPS) is 12.7. The summed E-state index contributed by atoms with van der Waals surface area (Å²) < 4.78 is 41.1. The van der Waals surface area contributed by atoms with Gasteiger partial charge in [0.2, 0.25) is 0 Å². The predicted molar refractivity (Wildman–Crippen MR) is 124 cm³/mol. The minimum atomic E-state index is -4.06. The monoisotopic (exact) mass is 477 g/mol. The van der Waals surface area contributed by atoms with Crippen molar-refractivity contribution in [3.63, 3.8) is 0 Å². The van der Waals surface area contributed by atoms with E-state index in [1.54, 1.807) is 58.9 Å². The van der Waals surface area contributed by atoms with E-state index < -0.39 is 33.7 Å². The fraction of sp³-hybridized carbons (Fsp3) is 0.417. The number of benzene rings is 2. The topological polar surface area (TPSA) is 108 Å². The molecule has 0 aliphatic heterocycles. The van der Waals surface area contributed by atoms with Crippen molar-refractivity contribution in [2.24, 2.45) is 0 Å². The molecule has 0 bridgehead atoms. The second kappa shape index (κ2) is 10.7. The molecular weight excluding hydrogens is 446 g/mol. The first kappa shape index (κ1) is 26.2. The Kier molecular flexibility index (Phi) is 8.49. The fourth-order valence-electron chi connectivity index (χ4n) is 2.81. The van der Waals surface area contributed by atoms with E-state index in [9.17, 15) is 18.0 Å². The molecule has 8 nitrogen and oxygen atoms in total. The van der Waals surface area contributed by atoms with E-state index in [0.717, 1.165) is 5.56 Å². The molecule has 9 heteroatoms. The lowest BCUT2D eigenvalue weighted by Gasteiger charge is -2.22. The maximum absolute atomic E-state index is 12.7. The fourth-order valence-corrected chi connectivity index (χ4v) is 3.74. The van der Waals surface area contributed by atoms with Crippen LogP contribution in [0.25, 0.3) is 0 Å². The van der Waals surface area contributed by atoms with Gasteiger partial charge < -0.3 is 19.0 Å². The Balaban J connectivity index is 2.26. The van der Waals surface area contributed by atoms with Crippen LogP contribution in [0.15, 0.2) is 53.4 Å². The maximum Gasteiger partial charge on any atom is 0.407 e. The summed E-state index contributed by atoms with van der Waals surface area (Å²) in [5, 5.41) is 2.57. The molecule has 180 valence electrons. The Hall–Kier alpha value is -3.07. The van der Waals surface area contributed by atoms with Crippen LogP contribution in [-0.2, 0) is 24.4 Å². The number of amides is 1. The van der Waals surface area contributed by atoms with Gasteiger partial charge >= 0.3 is 22.2 Å². The Bertz CT molecular complexity index is 1070. The molecule has 2 aromatic carbocycles. The van der Waals surface area contributed by atoms with E-state index in [0.29, 0.717) is 5.56 Å². The van der Waals surface area contributed by atoms with Crippen molar-refractivity contribution in [2.75, 3.05) is 6.54 Å². The first-order chi connectivity index (χ1) is 15.3. The summed E-state index contributed by atoms with van der Waals surface area (Å²) in [5.41, 5.74) is 0.643. The van der Waals surface area contributed by atoms with Gasteiger partial charge in [0.15, 0.2) is 0 Å². The zero-order valence-corrected chi connectivity index (χ0v) is 20.6. The van der Waals surface area contributed by atoms with E-state index in [1.165, 1.54) is 24.3 Å². The Labute approximate surface area is 195 Å². The van der Waals surface area contributed by atoms with Gasteiger partial charge in [0.25, 0.3) is 0 Å². The molecule has 0 fully saturated rings. The first-order valence-corrected chi connectivity index (χ1v) is 12.0. The SMILES string of the molecule is Cc1ccc(S(=O)(=O)Oc2cccc(C(CNC(=O)OC(C)(C)C)C(=O)OC(C)C)c2)cc1. The average molecular weight is 478 g/mol. The molecule has 2 rings (SSSR count). The van der Waals surface area contributed by atoms with Crippen molar-refractivity contribution in [3.8, 4) is 5.75 Å². The summed E-state index contributed by atoms with van der Waals surface area (Å²) in [4.78, 5) is 24.8. The van der Waals surface area contributed by atoms with Gasteiger partial charge in [-0.25, -0.2) is 4.79 Å². The molecule has 0 aliphatic carbocycles. The number of rotatable bonds is 8. The van der Waals surface area contributed by atoms with E-state index in [4.69, 9.17) is 13.7 Å². The van der Waals surface area contributed by atoms with E-state index in [-0.39, 0.29) is 23.3 Å². The predicted octanol–water partition coefficient (Wildman–Crippen LogP) is 4.32. The van der Waals surface area contributed by atoms with Crippen molar-refractivity contribution in [1.82, 2.24) is 5.32 Å². The highest BCUT2D eigenvalue weighted by molar-refractivity contribution is 7.87. The third kappa shape index (κ3) is 8.42. The molecule has 0 aliphatic rings. The lowest BCUT2D eigenvalue weighted by Crippen LogP contribution is -2.37. The van der Waals surface area contributed by atoms with Crippen molar-refractivity contribution in [3.05, 3.63) is 59.7 Å². The molecule has 33 heavy (non-hydrogen) atoms. The van der Waals surface area contributed by atoms with Crippen LogP contribution in [0.1, 0.15) is 51.7 Å². The zero-order chi connectivity index (χ0) is 24.8. The molecule has 0 saturated carbocycles. The van der Waals surface area contributed by atoms with Crippen LogP contribution < -0.4 is 9.50 Å². The van der Waals surface area contributed by atoms with Gasteiger partial charge in [-0.15, -0.1) is 0 Å². The van der Waals surface area contributed by atoms with Gasteiger partial charge in [0.05, 0.1) is 12.0 Å². The molecule has 1 N–H and O–H groups in total.